The number of halogens is 1. The predicted octanol–water partition coefficient (Wildman–Crippen LogP) is 3.37. The second kappa shape index (κ2) is 6.90. The van der Waals surface area contributed by atoms with Gasteiger partial charge in [-0.25, -0.2) is 0 Å². The summed E-state index contributed by atoms with van der Waals surface area (Å²) >= 11 is 0. The van der Waals surface area contributed by atoms with Crippen LogP contribution in [0.5, 0.6) is 0 Å². The monoisotopic (exact) mass is 316 g/mol. The van der Waals surface area contributed by atoms with Gasteiger partial charge in [-0.05, 0) is 55.2 Å². The molecule has 0 aliphatic carbocycles. The Morgan fingerprint density at radius 1 is 0.955 bits per heavy atom. The van der Waals surface area contributed by atoms with Gasteiger partial charge in [-0.15, -0.1) is 22.6 Å². The third kappa shape index (κ3) is 3.29. The molecule has 3 rings (SSSR count). The van der Waals surface area contributed by atoms with Crippen LogP contribution in [0.1, 0.15) is 28.1 Å². The lowest BCUT2D eigenvalue weighted by atomic mass is 10.0. The Morgan fingerprint density at radius 2 is 1.73 bits per heavy atom. The minimum Gasteiger partial charge on any atom is -0.306 e. The molecule has 4 nitrogen and oxygen atoms in total. The summed E-state index contributed by atoms with van der Waals surface area (Å²) < 4.78 is 2.01. The van der Waals surface area contributed by atoms with E-state index in [1.165, 1.54) is 22.3 Å². The number of rotatable bonds is 4. The third-order valence-electron chi connectivity index (χ3n) is 3.94. The van der Waals surface area contributed by atoms with Crippen LogP contribution in [0.2, 0.25) is 0 Å². The number of pyridine rings is 1. The maximum absolute atomic E-state index is 4.23. The Bertz CT molecular complexity index is 779. The number of nitrogens with one attached hydrogen (secondary N) is 1. The van der Waals surface area contributed by atoms with Gasteiger partial charge in [0.2, 0.25) is 0 Å². The van der Waals surface area contributed by atoms with Crippen LogP contribution in [-0.4, -0.2) is 14.6 Å². The summed E-state index contributed by atoms with van der Waals surface area (Å²) in [5, 5.41) is 11.9. The second-order valence-corrected chi connectivity index (χ2v) is 5.51. The number of aromatic nitrogens is 3. The molecule has 116 valence electrons. The van der Waals surface area contributed by atoms with Crippen molar-refractivity contribution in [3.8, 4) is 0 Å². The standard InChI is InChI=1S/C17H20N4.ClH/c1-12-8-14(3)15(9-13(12)2)10-18-11-17-20-19-16-6-4-5-7-21(16)17;/h4-9,18H,10-11H2,1-3H3;1H. The number of hydrogen-bond donors (Lipinski definition) is 1. The molecule has 1 N–H and O–H groups in total. The van der Waals surface area contributed by atoms with Crippen molar-refractivity contribution in [3.63, 3.8) is 0 Å². The molecule has 0 amide bonds. The molecule has 1 aromatic carbocycles. The molecule has 22 heavy (non-hydrogen) atoms. The maximum atomic E-state index is 4.23. The van der Waals surface area contributed by atoms with Crippen molar-refractivity contribution >= 4 is 18.1 Å². The van der Waals surface area contributed by atoms with E-state index in [0.29, 0.717) is 6.54 Å². The van der Waals surface area contributed by atoms with Crippen molar-refractivity contribution in [1.82, 2.24) is 19.9 Å². The molecule has 0 radical (unpaired) electrons. The quantitative estimate of drug-likeness (QED) is 0.802. The molecular formula is C17H21ClN4. The van der Waals surface area contributed by atoms with E-state index in [1.807, 2.05) is 28.8 Å². The normalized spacial score (nSPS) is 10.7. The van der Waals surface area contributed by atoms with Gasteiger partial charge in [-0.3, -0.25) is 4.40 Å². The molecule has 3 aromatic rings. The van der Waals surface area contributed by atoms with Crippen LogP contribution in [0.4, 0.5) is 0 Å². The van der Waals surface area contributed by atoms with Gasteiger partial charge in [0.05, 0.1) is 6.54 Å². The summed E-state index contributed by atoms with van der Waals surface area (Å²) in [6.07, 6.45) is 1.99. The van der Waals surface area contributed by atoms with Crippen LogP contribution in [-0.2, 0) is 13.1 Å². The first-order valence-corrected chi connectivity index (χ1v) is 7.21. The molecule has 5 heteroatoms. The molecule has 0 aliphatic heterocycles. The van der Waals surface area contributed by atoms with Crippen LogP contribution in [0, 0.1) is 20.8 Å². The molecule has 0 saturated carbocycles. The topological polar surface area (TPSA) is 42.2 Å². The van der Waals surface area contributed by atoms with Gasteiger partial charge < -0.3 is 5.32 Å². The molecular weight excluding hydrogens is 296 g/mol. The summed E-state index contributed by atoms with van der Waals surface area (Å²) in [6.45, 7) is 8.02. The van der Waals surface area contributed by atoms with E-state index in [9.17, 15) is 0 Å². The van der Waals surface area contributed by atoms with Gasteiger partial charge in [0.25, 0.3) is 0 Å². The number of aryl methyl sites for hydroxylation is 3. The Morgan fingerprint density at radius 3 is 2.55 bits per heavy atom. The number of fused-ring (bicyclic) bond motifs is 1. The highest BCUT2D eigenvalue weighted by atomic mass is 35.5. The van der Waals surface area contributed by atoms with Gasteiger partial charge in [-0.1, -0.05) is 18.2 Å². The fourth-order valence-corrected chi connectivity index (χ4v) is 2.53. The molecule has 2 aromatic heterocycles. The predicted molar refractivity (Wildman–Crippen MR) is 91.4 cm³/mol. The maximum Gasteiger partial charge on any atom is 0.160 e. The van der Waals surface area contributed by atoms with E-state index in [0.717, 1.165) is 18.0 Å². The highest BCUT2D eigenvalue weighted by Gasteiger charge is 2.05. The SMILES string of the molecule is Cc1cc(C)c(CNCc2nnc3ccccn23)cc1C.Cl. The number of nitrogens with zero attached hydrogens (tertiary/aromatic N) is 3. The summed E-state index contributed by atoms with van der Waals surface area (Å²) in [4.78, 5) is 0. The van der Waals surface area contributed by atoms with Crippen LogP contribution in [0.3, 0.4) is 0 Å². The summed E-state index contributed by atoms with van der Waals surface area (Å²) in [5.74, 6) is 0.937. The summed E-state index contributed by atoms with van der Waals surface area (Å²) in [6, 6.07) is 10.4. The van der Waals surface area contributed by atoms with Crippen LogP contribution in [0.15, 0.2) is 36.5 Å². The van der Waals surface area contributed by atoms with E-state index in [1.54, 1.807) is 0 Å². The zero-order valence-electron chi connectivity index (χ0n) is 13.1. The molecule has 0 spiro atoms. The minimum absolute atomic E-state index is 0. The van der Waals surface area contributed by atoms with E-state index in [2.05, 4.69) is 48.4 Å². The van der Waals surface area contributed by atoms with Crippen molar-refractivity contribution in [2.45, 2.75) is 33.9 Å². The van der Waals surface area contributed by atoms with E-state index < -0.39 is 0 Å². The second-order valence-electron chi connectivity index (χ2n) is 5.51. The summed E-state index contributed by atoms with van der Waals surface area (Å²) in [5.41, 5.74) is 6.24. The Kier molecular flexibility index (Phi) is 5.16. The lowest BCUT2D eigenvalue weighted by molar-refractivity contribution is 0.654. The zero-order chi connectivity index (χ0) is 14.8. The third-order valence-corrected chi connectivity index (χ3v) is 3.94. The molecule has 0 aliphatic rings. The van der Waals surface area contributed by atoms with Crippen LogP contribution >= 0.6 is 12.4 Å². The smallest absolute Gasteiger partial charge is 0.160 e. The van der Waals surface area contributed by atoms with Gasteiger partial charge in [-0.2, -0.15) is 0 Å². The average Bonchev–Trinajstić information content (AvgIpc) is 2.88. The minimum atomic E-state index is 0. The van der Waals surface area contributed by atoms with Crippen molar-refractivity contribution < 1.29 is 0 Å². The molecule has 0 unspecified atom stereocenters. The van der Waals surface area contributed by atoms with E-state index in [-0.39, 0.29) is 12.4 Å². The van der Waals surface area contributed by atoms with Crippen molar-refractivity contribution in [1.29, 1.82) is 0 Å². The van der Waals surface area contributed by atoms with Gasteiger partial charge in [0, 0.05) is 12.7 Å². The molecule has 0 atom stereocenters. The highest BCUT2D eigenvalue weighted by Crippen LogP contribution is 2.15. The van der Waals surface area contributed by atoms with Crippen molar-refractivity contribution in [2.75, 3.05) is 0 Å². The molecule has 0 bridgehead atoms. The number of hydrogen-bond acceptors (Lipinski definition) is 3. The first-order valence-electron chi connectivity index (χ1n) is 7.21. The van der Waals surface area contributed by atoms with Gasteiger partial charge in [0.1, 0.15) is 0 Å². The summed E-state index contributed by atoms with van der Waals surface area (Å²) in [7, 11) is 0. The Labute approximate surface area is 137 Å². The van der Waals surface area contributed by atoms with Crippen molar-refractivity contribution in [2.24, 2.45) is 0 Å². The lowest BCUT2D eigenvalue weighted by Gasteiger charge is -2.10. The first-order chi connectivity index (χ1) is 10.1. The fourth-order valence-electron chi connectivity index (χ4n) is 2.53. The van der Waals surface area contributed by atoms with E-state index in [4.69, 9.17) is 0 Å². The average molecular weight is 317 g/mol. The number of benzene rings is 1. The molecule has 0 fully saturated rings. The van der Waals surface area contributed by atoms with Gasteiger partial charge >= 0.3 is 0 Å². The lowest BCUT2D eigenvalue weighted by Crippen LogP contribution is -2.16. The Balaban J connectivity index is 0.00000176. The molecule has 0 saturated heterocycles. The Hall–Kier alpha value is -1.91. The van der Waals surface area contributed by atoms with Gasteiger partial charge in [0.15, 0.2) is 11.5 Å². The fraction of sp³-hybridized carbons (Fsp3) is 0.294. The first kappa shape index (κ1) is 16.5. The van der Waals surface area contributed by atoms with Crippen LogP contribution < -0.4 is 5.32 Å². The van der Waals surface area contributed by atoms with E-state index >= 15 is 0 Å². The zero-order valence-corrected chi connectivity index (χ0v) is 13.9. The van der Waals surface area contributed by atoms with Crippen LogP contribution in [0.25, 0.3) is 5.65 Å². The largest absolute Gasteiger partial charge is 0.306 e. The molecule has 2 heterocycles. The van der Waals surface area contributed by atoms with Crippen molar-refractivity contribution in [3.05, 3.63) is 64.6 Å². The highest BCUT2D eigenvalue weighted by molar-refractivity contribution is 5.85.